The predicted octanol–water partition coefficient (Wildman–Crippen LogP) is 10.2. The zero-order valence-electron chi connectivity index (χ0n) is 44.7. The number of esters is 1. The van der Waals surface area contributed by atoms with Crippen molar-refractivity contribution in [3.63, 3.8) is 0 Å². The second-order valence-corrected chi connectivity index (χ2v) is 17.6. The Labute approximate surface area is 439 Å². The minimum Gasteiger partial charge on any atom is -0.463 e. The number of benzene rings is 3. The second-order valence-electron chi connectivity index (χ2n) is 17.6. The van der Waals surface area contributed by atoms with Gasteiger partial charge in [0.1, 0.15) is 12.2 Å². The molecule has 3 aromatic carbocycles. The number of hydrogen-bond acceptors (Lipinski definition) is 14. The summed E-state index contributed by atoms with van der Waals surface area (Å²) in [5.74, 6) is -0.135. The standard InChI is InChI=1S/C59H94O14/c1-2-3-4-5-6-7-8-9-10-11-12-13-23-30-58(60)72-53-51-70-49-47-68-45-43-66-41-39-64-37-35-62-33-31-61-32-34-63-36-38-65-40-42-67-44-46-69-48-50-71-52-54-73-59(55-24-17-14-18-25-55,56-26-19-15-20-27-56)57-28-21-16-22-29-57/h14-22,24-29H,2-13,23,30-54H2,1H3. The highest BCUT2D eigenvalue weighted by molar-refractivity contribution is 5.69. The van der Waals surface area contributed by atoms with E-state index in [0.29, 0.717) is 158 Å². The Morgan fingerprint density at radius 2 is 0.534 bits per heavy atom. The van der Waals surface area contributed by atoms with Gasteiger partial charge in [0, 0.05) is 6.42 Å². The first-order valence-corrected chi connectivity index (χ1v) is 27.6. The van der Waals surface area contributed by atoms with Gasteiger partial charge in [-0.15, -0.1) is 0 Å². The summed E-state index contributed by atoms with van der Waals surface area (Å²) < 4.78 is 73.5. The average molecular weight is 1030 g/mol. The average Bonchev–Trinajstić information content (AvgIpc) is 3.42. The van der Waals surface area contributed by atoms with Crippen LogP contribution in [0.25, 0.3) is 0 Å². The van der Waals surface area contributed by atoms with Gasteiger partial charge in [0.15, 0.2) is 0 Å². The van der Waals surface area contributed by atoms with Crippen molar-refractivity contribution in [2.24, 2.45) is 0 Å². The number of unbranched alkanes of at least 4 members (excludes halogenated alkanes) is 12. The summed E-state index contributed by atoms with van der Waals surface area (Å²) in [7, 11) is 0. The van der Waals surface area contributed by atoms with E-state index in [4.69, 9.17) is 61.6 Å². The van der Waals surface area contributed by atoms with Gasteiger partial charge in [0.2, 0.25) is 0 Å². The van der Waals surface area contributed by atoms with Gasteiger partial charge in [-0.3, -0.25) is 4.79 Å². The van der Waals surface area contributed by atoms with Crippen LogP contribution in [0.15, 0.2) is 91.0 Å². The van der Waals surface area contributed by atoms with E-state index >= 15 is 0 Å². The van der Waals surface area contributed by atoms with Crippen molar-refractivity contribution in [1.82, 2.24) is 0 Å². The molecule has 0 radical (unpaired) electrons. The largest absolute Gasteiger partial charge is 0.463 e. The lowest BCUT2D eigenvalue weighted by Gasteiger charge is -2.36. The molecule has 0 aliphatic rings. The Bertz CT molecular complexity index is 1510. The topological polar surface area (TPSA) is 137 Å². The van der Waals surface area contributed by atoms with E-state index in [9.17, 15) is 4.79 Å². The fourth-order valence-corrected chi connectivity index (χ4v) is 7.90. The molecule has 0 aliphatic heterocycles. The normalized spacial score (nSPS) is 11.7. The molecule has 0 aliphatic carbocycles. The van der Waals surface area contributed by atoms with Crippen LogP contribution in [-0.4, -0.2) is 165 Å². The molecule has 14 nitrogen and oxygen atoms in total. The van der Waals surface area contributed by atoms with Crippen LogP contribution in [0.3, 0.4) is 0 Å². The lowest BCUT2D eigenvalue weighted by atomic mass is 9.80. The van der Waals surface area contributed by atoms with Crippen molar-refractivity contribution in [1.29, 1.82) is 0 Å². The second kappa shape index (κ2) is 48.3. The zero-order chi connectivity index (χ0) is 51.5. The van der Waals surface area contributed by atoms with Crippen molar-refractivity contribution < 1.29 is 66.4 Å². The maximum Gasteiger partial charge on any atom is 0.305 e. The molecule has 3 aromatic rings. The maximum absolute atomic E-state index is 11.9. The van der Waals surface area contributed by atoms with Crippen molar-refractivity contribution in [3.05, 3.63) is 108 Å². The van der Waals surface area contributed by atoms with Gasteiger partial charge in [-0.2, -0.15) is 0 Å². The third-order valence-corrected chi connectivity index (χ3v) is 11.8. The number of ether oxygens (including phenoxy) is 13. The van der Waals surface area contributed by atoms with Crippen molar-refractivity contribution in [3.8, 4) is 0 Å². The van der Waals surface area contributed by atoms with Crippen LogP contribution in [0.2, 0.25) is 0 Å². The van der Waals surface area contributed by atoms with Gasteiger partial charge in [-0.25, -0.2) is 0 Å². The molecule has 14 heteroatoms. The van der Waals surface area contributed by atoms with Gasteiger partial charge in [-0.05, 0) is 23.1 Å². The van der Waals surface area contributed by atoms with E-state index in [0.717, 1.165) is 29.5 Å². The fourth-order valence-electron chi connectivity index (χ4n) is 7.90. The van der Waals surface area contributed by atoms with Crippen LogP contribution in [0, 0.1) is 0 Å². The van der Waals surface area contributed by atoms with Gasteiger partial charge < -0.3 is 61.6 Å². The molecule has 3 rings (SSSR count). The Morgan fingerprint density at radius 1 is 0.301 bits per heavy atom. The quantitative estimate of drug-likeness (QED) is 0.0301. The van der Waals surface area contributed by atoms with Crippen LogP contribution in [0.5, 0.6) is 0 Å². The summed E-state index contributed by atoms with van der Waals surface area (Å²) in [6.07, 6.45) is 17.3. The van der Waals surface area contributed by atoms with Crippen molar-refractivity contribution >= 4 is 5.97 Å². The smallest absolute Gasteiger partial charge is 0.305 e. The third kappa shape index (κ3) is 34.0. The lowest BCUT2D eigenvalue weighted by molar-refractivity contribution is -0.145. The van der Waals surface area contributed by atoms with Gasteiger partial charge in [0.25, 0.3) is 0 Å². The van der Waals surface area contributed by atoms with Crippen LogP contribution in [-0.2, 0) is 72.0 Å². The third-order valence-electron chi connectivity index (χ3n) is 11.8. The minimum atomic E-state index is -0.758. The Balaban J connectivity index is 0.951. The molecule has 0 aromatic heterocycles. The summed E-state index contributed by atoms with van der Waals surface area (Å²) >= 11 is 0. The van der Waals surface area contributed by atoms with Gasteiger partial charge >= 0.3 is 5.97 Å². The highest BCUT2D eigenvalue weighted by Gasteiger charge is 2.37. The SMILES string of the molecule is CCCCCCCCCCCCCCCC(=O)OCCOCCOCCOCCOCCOCCOCCOCCOCCOCCOCCOCCOC(c1ccccc1)(c1ccccc1)c1ccccc1. The molecule has 0 bridgehead atoms. The van der Waals surface area contributed by atoms with E-state index < -0.39 is 5.60 Å². The molecule has 0 atom stereocenters. The molecular weight excluding hydrogens is 933 g/mol. The number of hydrogen-bond donors (Lipinski definition) is 0. The summed E-state index contributed by atoms with van der Waals surface area (Å²) in [5, 5.41) is 0. The molecule has 0 heterocycles. The molecule has 73 heavy (non-hydrogen) atoms. The fraction of sp³-hybridized carbons (Fsp3) is 0.678. The first-order valence-electron chi connectivity index (χ1n) is 27.6. The van der Waals surface area contributed by atoms with Gasteiger partial charge in [-0.1, -0.05) is 175 Å². The Hall–Kier alpha value is -3.35. The number of rotatable bonds is 54. The first-order chi connectivity index (χ1) is 36.3. The monoisotopic (exact) mass is 1030 g/mol. The maximum atomic E-state index is 11.9. The Kier molecular flexibility index (Phi) is 42.3. The van der Waals surface area contributed by atoms with E-state index in [2.05, 4.69) is 43.3 Å². The Morgan fingerprint density at radius 3 is 0.808 bits per heavy atom. The molecule has 0 saturated carbocycles. The first kappa shape index (κ1) is 63.9. The molecule has 0 spiro atoms. The molecule has 0 unspecified atom stereocenters. The van der Waals surface area contributed by atoms with E-state index in [1.54, 1.807) is 0 Å². The van der Waals surface area contributed by atoms with Crippen LogP contribution in [0.4, 0.5) is 0 Å². The van der Waals surface area contributed by atoms with Crippen LogP contribution < -0.4 is 0 Å². The molecule has 0 N–H and O–H groups in total. The van der Waals surface area contributed by atoms with E-state index in [1.165, 1.54) is 70.6 Å². The molecular formula is C59H94O14. The molecule has 414 valence electrons. The lowest BCUT2D eigenvalue weighted by Crippen LogP contribution is -2.34. The van der Waals surface area contributed by atoms with Crippen LogP contribution >= 0.6 is 0 Å². The van der Waals surface area contributed by atoms with Crippen LogP contribution in [0.1, 0.15) is 114 Å². The zero-order valence-corrected chi connectivity index (χ0v) is 44.7. The summed E-state index contributed by atoms with van der Waals surface area (Å²) in [5.41, 5.74) is 2.43. The van der Waals surface area contributed by atoms with E-state index in [-0.39, 0.29) is 12.6 Å². The highest BCUT2D eigenvalue weighted by Crippen LogP contribution is 2.40. The minimum absolute atomic E-state index is 0.135. The summed E-state index contributed by atoms with van der Waals surface area (Å²) in [6.45, 7) is 13.4. The number of carbonyl (C=O) groups excluding carboxylic acids is 1. The van der Waals surface area contributed by atoms with Gasteiger partial charge in [0.05, 0.1) is 152 Å². The molecule has 0 saturated heterocycles. The predicted molar refractivity (Wildman–Crippen MR) is 285 cm³/mol. The number of carbonyl (C=O) groups is 1. The highest BCUT2D eigenvalue weighted by atomic mass is 16.6. The molecule has 0 amide bonds. The molecule has 0 fully saturated rings. The van der Waals surface area contributed by atoms with Crippen molar-refractivity contribution in [2.45, 2.75) is 102 Å². The summed E-state index contributed by atoms with van der Waals surface area (Å²) in [4.78, 5) is 11.9. The van der Waals surface area contributed by atoms with Crippen molar-refractivity contribution in [2.75, 3.05) is 159 Å². The van der Waals surface area contributed by atoms with E-state index in [1.807, 2.05) is 54.6 Å². The summed E-state index contributed by atoms with van der Waals surface area (Å²) in [6, 6.07) is 31.0.